The maximum Gasteiger partial charge on any atom is 0.146 e. The average Bonchev–Trinajstić information content (AvgIpc) is 3.82. The summed E-state index contributed by atoms with van der Waals surface area (Å²) in [6, 6.07) is 45.9. The quantitative estimate of drug-likeness (QED) is 0.188. The van der Waals surface area contributed by atoms with E-state index in [1.54, 1.807) is 0 Å². The molecule has 10 rings (SSSR count). The molecule has 5 aromatic carbocycles. The molecule has 6 heteroatoms. The molecule has 6 nitrogen and oxygen atoms in total. The van der Waals surface area contributed by atoms with Crippen molar-refractivity contribution in [3.05, 3.63) is 152 Å². The van der Waals surface area contributed by atoms with Crippen LogP contribution in [0.15, 0.2) is 152 Å². The molecule has 0 spiro atoms. The summed E-state index contributed by atoms with van der Waals surface area (Å²) in [6.45, 7) is 0. The van der Waals surface area contributed by atoms with Crippen molar-refractivity contribution < 1.29 is 4.74 Å². The Hall–Kier alpha value is -6.53. The predicted molar refractivity (Wildman–Crippen MR) is 189 cm³/mol. The zero-order valence-electron chi connectivity index (χ0n) is 25.1. The summed E-state index contributed by atoms with van der Waals surface area (Å²) in [7, 11) is 0. The van der Waals surface area contributed by atoms with E-state index in [4.69, 9.17) is 19.7 Å². The van der Waals surface area contributed by atoms with Gasteiger partial charge < -0.3 is 4.74 Å². The number of pyridine rings is 3. The molecule has 0 unspecified atom stereocenters. The van der Waals surface area contributed by atoms with E-state index in [2.05, 4.69) is 106 Å². The van der Waals surface area contributed by atoms with Crippen molar-refractivity contribution in [3.63, 3.8) is 0 Å². The van der Waals surface area contributed by atoms with Gasteiger partial charge in [-0.05, 0) is 65.4 Å². The lowest BCUT2D eigenvalue weighted by molar-refractivity contribution is 0.484. The van der Waals surface area contributed by atoms with Crippen LogP contribution in [0.5, 0.6) is 11.5 Å². The van der Waals surface area contributed by atoms with Crippen LogP contribution in [0.3, 0.4) is 0 Å². The third-order valence-electron chi connectivity index (χ3n) is 9.07. The molecule has 10 aromatic rings. The summed E-state index contributed by atoms with van der Waals surface area (Å²) in [6.07, 6.45) is 5.76. The van der Waals surface area contributed by atoms with E-state index in [1.807, 2.05) is 55.0 Å². The van der Waals surface area contributed by atoms with E-state index in [0.29, 0.717) is 0 Å². The first-order valence-corrected chi connectivity index (χ1v) is 15.6. The number of benzene rings is 5. The highest BCUT2D eigenvalue weighted by Crippen LogP contribution is 2.37. The number of imidazole rings is 2. The van der Waals surface area contributed by atoms with Crippen molar-refractivity contribution in [3.8, 4) is 34.0 Å². The van der Waals surface area contributed by atoms with Crippen molar-refractivity contribution in [1.29, 1.82) is 0 Å². The number of aromatic nitrogens is 5. The van der Waals surface area contributed by atoms with Crippen molar-refractivity contribution in [2.24, 2.45) is 0 Å². The van der Waals surface area contributed by atoms with Crippen molar-refractivity contribution in [2.75, 3.05) is 0 Å². The molecule has 0 saturated heterocycles. The molecule has 0 fully saturated rings. The number of hydrogen-bond donors (Lipinski definition) is 0. The third kappa shape index (κ3) is 3.95. The molecule has 220 valence electrons. The van der Waals surface area contributed by atoms with Crippen LogP contribution in [-0.4, -0.2) is 23.8 Å². The minimum atomic E-state index is 0.736. The lowest BCUT2D eigenvalue weighted by Crippen LogP contribution is -1.96. The number of fused-ring (bicyclic) bond motifs is 12. The van der Waals surface area contributed by atoms with Gasteiger partial charge in [0.05, 0.1) is 23.1 Å². The van der Waals surface area contributed by atoms with Crippen LogP contribution in [0.2, 0.25) is 0 Å². The second-order valence-corrected chi connectivity index (χ2v) is 11.8. The first-order valence-electron chi connectivity index (χ1n) is 15.6. The van der Waals surface area contributed by atoms with Gasteiger partial charge in [0.1, 0.15) is 28.4 Å². The van der Waals surface area contributed by atoms with E-state index in [-0.39, 0.29) is 0 Å². The minimum Gasteiger partial charge on any atom is -0.457 e. The fourth-order valence-corrected chi connectivity index (χ4v) is 6.93. The summed E-state index contributed by atoms with van der Waals surface area (Å²) in [5.41, 5.74) is 7.93. The highest BCUT2D eigenvalue weighted by Gasteiger charge is 2.16. The van der Waals surface area contributed by atoms with Crippen LogP contribution in [0.4, 0.5) is 0 Å². The van der Waals surface area contributed by atoms with Gasteiger partial charge >= 0.3 is 0 Å². The molecule has 0 bridgehead atoms. The Morgan fingerprint density at radius 2 is 1.15 bits per heavy atom. The normalized spacial score (nSPS) is 11.8. The zero-order chi connectivity index (χ0) is 30.9. The first-order chi connectivity index (χ1) is 23.3. The summed E-state index contributed by atoms with van der Waals surface area (Å²) >= 11 is 0. The molecule has 0 radical (unpaired) electrons. The molecular weight excluding hydrogens is 578 g/mol. The molecule has 5 aromatic heterocycles. The van der Waals surface area contributed by atoms with E-state index in [1.165, 1.54) is 5.39 Å². The molecular formula is C41H25N5O. The molecule has 0 aliphatic rings. The molecule has 0 saturated carbocycles. The van der Waals surface area contributed by atoms with Crippen LogP contribution in [0.25, 0.3) is 77.3 Å². The fraction of sp³-hybridized carbons (Fsp3) is 0. The molecule has 0 aliphatic carbocycles. The summed E-state index contributed by atoms with van der Waals surface area (Å²) in [5, 5.41) is 6.48. The van der Waals surface area contributed by atoms with Crippen molar-refractivity contribution >= 4 is 54.8 Å². The maximum atomic E-state index is 6.57. The number of hydrogen-bond acceptors (Lipinski definition) is 4. The Morgan fingerprint density at radius 3 is 1.94 bits per heavy atom. The molecule has 0 aliphatic heterocycles. The smallest absolute Gasteiger partial charge is 0.146 e. The van der Waals surface area contributed by atoms with Crippen LogP contribution in [0, 0.1) is 0 Å². The van der Waals surface area contributed by atoms with Crippen molar-refractivity contribution in [2.45, 2.75) is 0 Å². The molecule has 5 heterocycles. The summed E-state index contributed by atoms with van der Waals surface area (Å²) in [4.78, 5) is 14.7. The van der Waals surface area contributed by atoms with Gasteiger partial charge in [-0.15, -0.1) is 0 Å². The molecule has 47 heavy (non-hydrogen) atoms. The van der Waals surface area contributed by atoms with E-state index < -0.39 is 0 Å². The number of rotatable bonds is 4. The van der Waals surface area contributed by atoms with Gasteiger partial charge in [-0.2, -0.15) is 0 Å². The molecule has 0 atom stereocenters. The number of nitrogens with zero attached hydrogens (tertiary/aromatic N) is 5. The average molecular weight is 604 g/mol. The Morgan fingerprint density at radius 1 is 0.489 bits per heavy atom. The second-order valence-electron chi connectivity index (χ2n) is 11.8. The van der Waals surface area contributed by atoms with Crippen LogP contribution < -0.4 is 4.74 Å². The van der Waals surface area contributed by atoms with Crippen LogP contribution in [0.1, 0.15) is 0 Å². The fourth-order valence-electron chi connectivity index (χ4n) is 6.93. The lowest BCUT2D eigenvalue weighted by atomic mass is 10.0. The van der Waals surface area contributed by atoms with Gasteiger partial charge in [-0.25, -0.2) is 15.0 Å². The topological polar surface area (TPSA) is 56.7 Å². The standard InChI is InChI=1S/C41H25N5O/c1-3-9-26(10-4-1)36-20-19-33-31-18-16-28(23-34(31)39-42-21-22-45(39)41(33)44-36)47-29-15-17-30-32-13-7-8-14-37(32)46-38(27-11-5-2-6-12-27)25-43-40(46)35(30)24-29/h1-25H. The van der Waals surface area contributed by atoms with Crippen LogP contribution >= 0.6 is 0 Å². The van der Waals surface area contributed by atoms with Gasteiger partial charge in [-0.1, -0.05) is 78.9 Å². The SMILES string of the molecule is c1ccc(-c2ccc3c4ccc(Oc5ccc6c7ccccc7n7c(-c8ccccc8)cnc7c6c5)cc4c4nccn4c3n2)cc1. The number of ether oxygens (including phenoxy) is 1. The van der Waals surface area contributed by atoms with Gasteiger partial charge in [0.15, 0.2) is 0 Å². The second kappa shape index (κ2) is 9.99. The lowest BCUT2D eigenvalue weighted by Gasteiger charge is -2.13. The maximum absolute atomic E-state index is 6.57. The zero-order valence-corrected chi connectivity index (χ0v) is 25.1. The molecule has 0 amide bonds. The van der Waals surface area contributed by atoms with Crippen molar-refractivity contribution in [1.82, 2.24) is 23.8 Å². The van der Waals surface area contributed by atoms with Crippen LogP contribution in [-0.2, 0) is 0 Å². The summed E-state index contributed by atoms with van der Waals surface area (Å²) < 4.78 is 10.9. The minimum absolute atomic E-state index is 0.736. The largest absolute Gasteiger partial charge is 0.457 e. The van der Waals surface area contributed by atoms with Gasteiger partial charge in [0, 0.05) is 45.1 Å². The van der Waals surface area contributed by atoms with Gasteiger partial charge in [0.2, 0.25) is 0 Å². The monoisotopic (exact) mass is 603 g/mol. The third-order valence-corrected chi connectivity index (χ3v) is 9.07. The van der Waals surface area contributed by atoms with E-state index >= 15 is 0 Å². The number of para-hydroxylation sites is 1. The van der Waals surface area contributed by atoms with E-state index in [9.17, 15) is 0 Å². The van der Waals surface area contributed by atoms with Gasteiger partial charge in [-0.3, -0.25) is 8.80 Å². The highest BCUT2D eigenvalue weighted by atomic mass is 16.5. The predicted octanol–water partition coefficient (Wildman–Crippen LogP) is 10.1. The Balaban J connectivity index is 1.11. The summed E-state index contributed by atoms with van der Waals surface area (Å²) in [5.74, 6) is 1.48. The van der Waals surface area contributed by atoms with E-state index in [0.717, 1.165) is 83.4 Å². The van der Waals surface area contributed by atoms with Gasteiger partial charge in [0.25, 0.3) is 0 Å². The molecule has 0 N–H and O–H groups in total. The Labute approximate surface area is 268 Å². The first kappa shape index (κ1) is 25.8. The Bertz CT molecular complexity index is 2820. The Kier molecular flexibility index (Phi) is 5.48. The highest BCUT2D eigenvalue weighted by molar-refractivity contribution is 6.13.